The summed E-state index contributed by atoms with van der Waals surface area (Å²) >= 11 is 3.46. The predicted octanol–water partition coefficient (Wildman–Crippen LogP) is 1.48. The van der Waals surface area contributed by atoms with E-state index in [1.165, 1.54) is 0 Å². The van der Waals surface area contributed by atoms with Crippen molar-refractivity contribution in [2.24, 2.45) is 0 Å². The van der Waals surface area contributed by atoms with Crippen LogP contribution in [0.1, 0.15) is 0 Å². The van der Waals surface area contributed by atoms with Gasteiger partial charge >= 0.3 is 0 Å². The van der Waals surface area contributed by atoms with Crippen LogP contribution in [-0.2, 0) is 9.84 Å². The Morgan fingerprint density at radius 3 is 3.06 bits per heavy atom. The van der Waals surface area contributed by atoms with Crippen molar-refractivity contribution in [1.82, 2.24) is 0 Å². The third-order valence-corrected chi connectivity index (χ3v) is 5.52. The van der Waals surface area contributed by atoms with Crippen molar-refractivity contribution in [3.63, 3.8) is 0 Å². The summed E-state index contributed by atoms with van der Waals surface area (Å²) in [5.74, 6) is 0.515. The number of halogens is 1. The summed E-state index contributed by atoms with van der Waals surface area (Å²) < 4.78 is 24.3. The minimum absolute atomic E-state index is 0.0653. The van der Waals surface area contributed by atoms with Gasteiger partial charge in [-0.3, -0.25) is 0 Å². The normalized spacial score (nSPS) is 25.7. The first-order chi connectivity index (χ1) is 8.05. The molecule has 0 spiro atoms. The summed E-state index contributed by atoms with van der Waals surface area (Å²) in [5, 5.41) is 3.30. The monoisotopic (exact) mass is 316 g/mol. The molecule has 2 aliphatic rings. The largest absolute Gasteiger partial charge is 0.381 e. The van der Waals surface area contributed by atoms with Gasteiger partial charge in [0.2, 0.25) is 0 Å². The Morgan fingerprint density at radius 2 is 2.24 bits per heavy atom. The van der Waals surface area contributed by atoms with Crippen LogP contribution < -0.4 is 10.2 Å². The van der Waals surface area contributed by atoms with Gasteiger partial charge in [-0.25, -0.2) is 8.42 Å². The van der Waals surface area contributed by atoms with Gasteiger partial charge in [0, 0.05) is 17.6 Å². The van der Waals surface area contributed by atoms with Crippen molar-refractivity contribution in [2.45, 2.75) is 6.04 Å². The number of nitrogens with one attached hydrogen (secondary N) is 1. The number of hydrogen-bond donors (Lipinski definition) is 1. The molecule has 1 aromatic carbocycles. The quantitative estimate of drug-likeness (QED) is 0.787. The molecule has 2 aliphatic heterocycles. The summed E-state index contributed by atoms with van der Waals surface area (Å²) in [6.07, 6.45) is 0. The first-order valence-corrected chi connectivity index (χ1v) is 8.17. The summed E-state index contributed by atoms with van der Waals surface area (Å²) in [7, 11) is -2.86. The van der Waals surface area contributed by atoms with E-state index < -0.39 is 9.84 Å². The predicted molar refractivity (Wildman–Crippen MR) is 72.4 cm³/mol. The third kappa shape index (κ3) is 2.04. The molecule has 6 heteroatoms. The van der Waals surface area contributed by atoms with Gasteiger partial charge in [-0.2, -0.15) is 0 Å². The molecule has 1 fully saturated rings. The van der Waals surface area contributed by atoms with Crippen molar-refractivity contribution in [2.75, 3.05) is 34.8 Å². The number of anilines is 2. The molecular formula is C11H13BrN2O2S. The van der Waals surface area contributed by atoms with Gasteiger partial charge in [-0.15, -0.1) is 0 Å². The molecule has 0 bridgehead atoms. The van der Waals surface area contributed by atoms with E-state index in [4.69, 9.17) is 0 Å². The number of sulfone groups is 1. The number of nitrogens with zero attached hydrogens (tertiary/aromatic N) is 1. The average molecular weight is 317 g/mol. The number of fused-ring (bicyclic) bond motifs is 3. The van der Waals surface area contributed by atoms with Crippen LogP contribution in [0.25, 0.3) is 0 Å². The fourth-order valence-electron chi connectivity index (χ4n) is 2.49. The SMILES string of the molecule is O=S1(=O)CCN2c3cc(Br)ccc3NCC2C1. The van der Waals surface area contributed by atoms with Crippen LogP contribution in [0, 0.1) is 0 Å². The van der Waals surface area contributed by atoms with Crippen molar-refractivity contribution >= 4 is 37.1 Å². The fraction of sp³-hybridized carbons (Fsp3) is 0.455. The second kappa shape index (κ2) is 3.88. The van der Waals surface area contributed by atoms with Gasteiger partial charge in [0.1, 0.15) is 0 Å². The Morgan fingerprint density at radius 1 is 1.41 bits per heavy atom. The first kappa shape index (κ1) is 11.3. The molecule has 0 aliphatic carbocycles. The van der Waals surface area contributed by atoms with Crippen LogP contribution in [0.4, 0.5) is 11.4 Å². The zero-order chi connectivity index (χ0) is 12.0. The molecular weight excluding hydrogens is 304 g/mol. The minimum Gasteiger partial charge on any atom is -0.381 e. The van der Waals surface area contributed by atoms with Crippen molar-refractivity contribution in [3.05, 3.63) is 22.7 Å². The lowest BCUT2D eigenvalue weighted by atomic mass is 10.1. The van der Waals surface area contributed by atoms with E-state index in [9.17, 15) is 8.42 Å². The lowest BCUT2D eigenvalue weighted by Gasteiger charge is -2.42. The van der Waals surface area contributed by atoms with E-state index in [2.05, 4.69) is 26.1 Å². The molecule has 92 valence electrons. The Bertz CT molecular complexity index is 559. The molecule has 1 N–H and O–H groups in total. The molecule has 2 heterocycles. The van der Waals surface area contributed by atoms with Crippen LogP contribution in [0.15, 0.2) is 22.7 Å². The molecule has 1 aromatic rings. The van der Waals surface area contributed by atoms with Gasteiger partial charge in [0.05, 0.1) is 28.9 Å². The van der Waals surface area contributed by atoms with E-state index in [0.717, 1.165) is 15.8 Å². The van der Waals surface area contributed by atoms with Gasteiger partial charge in [-0.1, -0.05) is 15.9 Å². The summed E-state index contributed by atoms with van der Waals surface area (Å²) in [5.41, 5.74) is 2.19. The molecule has 0 saturated carbocycles. The average Bonchev–Trinajstić information content (AvgIpc) is 2.27. The standard InChI is InChI=1S/C11H13BrN2O2S/c12-8-1-2-10-11(5-8)14-3-4-17(15,16)7-9(14)6-13-10/h1-2,5,9,13H,3-4,6-7H2. The van der Waals surface area contributed by atoms with Crippen molar-refractivity contribution < 1.29 is 8.42 Å². The van der Waals surface area contributed by atoms with E-state index in [1.807, 2.05) is 18.2 Å². The van der Waals surface area contributed by atoms with Crippen LogP contribution in [0.3, 0.4) is 0 Å². The molecule has 4 nitrogen and oxygen atoms in total. The van der Waals surface area contributed by atoms with Gasteiger partial charge < -0.3 is 10.2 Å². The molecule has 0 amide bonds. The maximum Gasteiger partial charge on any atom is 0.154 e. The molecule has 1 saturated heterocycles. The summed E-state index contributed by atoms with van der Waals surface area (Å²) in [6, 6.07) is 6.13. The van der Waals surface area contributed by atoms with E-state index >= 15 is 0 Å². The maximum absolute atomic E-state index is 11.6. The van der Waals surface area contributed by atoms with Crippen molar-refractivity contribution in [1.29, 1.82) is 0 Å². The highest BCUT2D eigenvalue weighted by Crippen LogP contribution is 2.35. The number of rotatable bonds is 0. The highest BCUT2D eigenvalue weighted by Gasteiger charge is 2.34. The lowest BCUT2D eigenvalue weighted by molar-refractivity contribution is 0.559. The van der Waals surface area contributed by atoms with E-state index in [1.54, 1.807) is 0 Å². The Labute approximate surface area is 109 Å². The molecule has 1 atom stereocenters. The Balaban J connectivity index is 2.00. The molecule has 1 unspecified atom stereocenters. The van der Waals surface area contributed by atoms with Crippen LogP contribution >= 0.6 is 15.9 Å². The van der Waals surface area contributed by atoms with Crippen LogP contribution in [-0.4, -0.2) is 39.1 Å². The number of hydrogen-bond acceptors (Lipinski definition) is 4. The third-order valence-electron chi connectivity index (χ3n) is 3.33. The first-order valence-electron chi connectivity index (χ1n) is 5.56. The molecule has 3 rings (SSSR count). The highest BCUT2D eigenvalue weighted by atomic mass is 79.9. The zero-order valence-electron chi connectivity index (χ0n) is 9.19. The molecule has 17 heavy (non-hydrogen) atoms. The van der Waals surface area contributed by atoms with Gasteiger partial charge in [-0.05, 0) is 18.2 Å². The van der Waals surface area contributed by atoms with Crippen LogP contribution in [0.5, 0.6) is 0 Å². The zero-order valence-corrected chi connectivity index (χ0v) is 11.6. The minimum atomic E-state index is -2.86. The number of benzene rings is 1. The maximum atomic E-state index is 11.6. The topological polar surface area (TPSA) is 49.4 Å². The second-order valence-electron chi connectivity index (χ2n) is 4.50. The van der Waals surface area contributed by atoms with E-state index in [-0.39, 0.29) is 17.5 Å². The molecule has 0 radical (unpaired) electrons. The van der Waals surface area contributed by atoms with Gasteiger partial charge in [0.25, 0.3) is 0 Å². The van der Waals surface area contributed by atoms with Gasteiger partial charge in [0.15, 0.2) is 9.84 Å². The Kier molecular flexibility index (Phi) is 2.59. The Hall–Kier alpha value is -0.750. The smallest absolute Gasteiger partial charge is 0.154 e. The summed E-state index contributed by atoms with van der Waals surface area (Å²) in [6.45, 7) is 1.30. The fourth-order valence-corrected chi connectivity index (χ4v) is 4.37. The van der Waals surface area contributed by atoms with Crippen LogP contribution in [0.2, 0.25) is 0 Å². The van der Waals surface area contributed by atoms with E-state index in [0.29, 0.717) is 13.1 Å². The lowest BCUT2D eigenvalue weighted by Crippen LogP contribution is -2.54. The molecule has 0 aromatic heterocycles. The second-order valence-corrected chi connectivity index (χ2v) is 7.65. The summed E-state index contributed by atoms with van der Waals surface area (Å²) in [4.78, 5) is 2.21. The highest BCUT2D eigenvalue weighted by molar-refractivity contribution is 9.10. The van der Waals surface area contributed by atoms with Crippen molar-refractivity contribution in [3.8, 4) is 0 Å².